The Morgan fingerprint density at radius 2 is 1.00 bits per heavy atom. The molecule has 0 rings (SSSR count). The number of unbranched alkanes of at least 4 members (excludes halogenated alkanes) is 10. The smallest absolute Gasteiger partial charge is 0.305 e. The summed E-state index contributed by atoms with van der Waals surface area (Å²) in [6.07, 6.45) is 14.9. The lowest BCUT2D eigenvalue weighted by Gasteiger charge is -2.03. The molecule has 0 fully saturated rings. The number of hydrogen-bond donors (Lipinski definition) is 0. The minimum absolute atomic E-state index is 0.101. The lowest BCUT2D eigenvalue weighted by molar-refractivity contribution is -0.140. The molecular formula is C20H36O4. The third-order valence-electron chi connectivity index (χ3n) is 4.32. The van der Waals surface area contributed by atoms with E-state index < -0.39 is 0 Å². The molecular weight excluding hydrogens is 304 g/mol. The summed E-state index contributed by atoms with van der Waals surface area (Å²) in [4.78, 5) is 33.2. The minimum atomic E-state index is -0.101. The molecule has 0 saturated carbocycles. The Kier molecular flexibility index (Phi) is 15.8. The molecule has 4 nitrogen and oxygen atoms in total. The number of ether oxygens (including phenoxy) is 1. The SMILES string of the molecule is COC(=O)CCCCCCCCCCCCCC(=O)CCC(C)=O. The lowest BCUT2D eigenvalue weighted by Crippen LogP contribution is -2.01. The Hall–Kier alpha value is -1.19. The van der Waals surface area contributed by atoms with Gasteiger partial charge in [-0.1, -0.05) is 57.8 Å². The van der Waals surface area contributed by atoms with E-state index in [2.05, 4.69) is 4.74 Å². The van der Waals surface area contributed by atoms with E-state index >= 15 is 0 Å². The first-order valence-corrected chi connectivity index (χ1v) is 9.64. The van der Waals surface area contributed by atoms with Gasteiger partial charge in [-0.2, -0.15) is 0 Å². The van der Waals surface area contributed by atoms with Crippen LogP contribution in [-0.4, -0.2) is 24.6 Å². The van der Waals surface area contributed by atoms with E-state index in [-0.39, 0.29) is 17.5 Å². The second kappa shape index (κ2) is 16.7. The molecule has 24 heavy (non-hydrogen) atoms. The maximum Gasteiger partial charge on any atom is 0.305 e. The van der Waals surface area contributed by atoms with Crippen LogP contribution in [0.3, 0.4) is 0 Å². The molecule has 0 aliphatic carbocycles. The zero-order chi connectivity index (χ0) is 18.0. The predicted octanol–water partition coefficient (Wildman–Crippen LogP) is 5.17. The zero-order valence-corrected chi connectivity index (χ0v) is 15.7. The third kappa shape index (κ3) is 17.2. The summed E-state index contributed by atoms with van der Waals surface area (Å²) >= 11 is 0. The number of ketones is 2. The molecule has 0 aromatic heterocycles. The van der Waals surface area contributed by atoms with E-state index in [1.807, 2.05) is 0 Å². The molecule has 0 spiro atoms. The number of methoxy groups -OCH3 is 1. The summed E-state index contributed by atoms with van der Waals surface area (Å²) in [5.74, 6) is 0.236. The Labute approximate surface area is 147 Å². The maximum absolute atomic E-state index is 11.5. The second-order valence-corrected chi connectivity index (χ2v) is 6.71. The molecule has 140 valence electrons. The quantitative estimate of drug-likeness (QED) is 0.271. The van der Waals surface area contributed by atoms with Crippen molar-refractivity contribution >= 4 is 17.5 Å². The van der Waals surface area contributed by atoms with Crippen molar-refractivity contribution in [1.29, 1.82) is 0 Å². The number of Topliss-reactive ketones (excluding diaryl/α,β-unsaturated/α-hetero) is 2. The van der Waals surface area contributed by atoms with Crippen molar-refractivity contribution in [3.63, 3.8) is 0 Å². The second-order valence-electron chi connectivity index (χ2n) is 6.71. The summed E-state index contributed by atoms with van der Waals surface area (Å²) in [5.41, 5.74) is 0. The highest BCUT2D eigenvalue weighted by Crippen LogP contribution is 2.13. The van der Waals surface area contributed by atoms with Crippen LogP contribution in [0.25, 0.3) is 0 Å². The first kappa shape index (κ1) is 22.8. The molecule has 0 aliphatic heterocycles. The molecule has 0 heterocycles. The van der Waals surface area contributed by atoms with Crippen LogP contribution in [0.4, 0.5) is 0 Å². The summed E-state index contributed by atoms with van der Waals surface area (Å²) < 4.78 is 4.61. The fourth-order valence-electron chi connectivity index (χ4n) is 2.73. The van der Waals surface area contributed by atoms with Crippen LogP contribution in [0, 0.1) is 0 Å². The van der Waals surface area contributed by atoms with Gasteiger partial charge in [0, 0.05) is 25.7 Å². The summed E-state index contributed by atoms with van der Waals surface area (Å²) in [6.45, 7) is 1.54. The molecule has 0 aromatic carbocycles. The van der Waals surface area contributed by atoms with Gasteiger partial charge in [0.2, 0.25) is 0 Å². The first-order valence-electron chi connectivity index (χ1n) is 9.64. The van der Waals surface area contributed by atoms with Crippen LogP contribution in [0.1, 0.15) is 103 Å². The molecule has 0 unspecified atom stereocenters. The van der Waals surface area contributed by atoms with Gasteiger partial charge in [0.25, 0.3) is 0 Å². The molecule has 0 amide bonds. The van der Waals surface area contributed by atoms with Gasteiger partial charge in [0.15, 0.2) is 0 Å². The van der Waals surface area contributed by atoms with Gasteiger partial charge >= 0.3 is 5.97 Å². The van der Waals surface area contributed by atoms with E-state index in [1.54, 1.807) is 0 Å². The monoisotopic (exact) mass is 340 g/mol. The number of carbonyl (C=O) groups excluding carboxylic acids is 3. The number of carbonyl (C=O) groups is 3. The molecule has 4 heteroatoms. The number of esters is 1. The predicted molar refractivity (Wildman–Crippen MR) is 97.0 cm³/mol. The largest absolute Gasteiger partial charge is 0.469 e. The Balaban J connectivity index is 3.16. The van der Waals surface area contributed by atoms with E-state index in [0.29, 0.717) is 25.7 Å². The summed E-state index contributed by atoms with van der Waals surface area (Å²) in [5, 5.41) is 0. The topological polar surface area (TPSA) is 60.4 Å². The van der Waals surface area contributed by atoms with E-state index in [0.717, 1.165) is 25.7 Å². The van der Waals surface area contributed by atoms with Crippen LogP contribution >= 0.6 is 0 Å². The molecule has 0 aliphatic rings. The lowest BCUT2D eigenvalue weighted by atomic mass is 10.0. The van der Waals surface area contributed by atoms with E-state index in [4.69, 9.17) is 0 Å². The van der Waals surface area contributed by atoms with Crippen molar-refractivity contribution in [3.8, 4) is 0 Å². The molecule has 0 radical (unpaired) electrons. The zero-order valence-electron chi connectivity index (χ0n) is 15.7. The highest BCUT2D eigenvalue weighted by Gasteiger charge is 2.03. The Bertz CT molecular complexity index is 350. The average molecular weight is 341 g/mol. The van der Waals surface area contributed by atoms with Crippen LogP contribution in [0.15, 0.2) is 0 Å². The molecule has 0 atom stereocenters. The average Bonchev–Trinajstić information content (AvgIpc) is 2.56. The van der Waals surface area contributed by atoms with Crippen LogP contribution in [0.5, 0.6) is 0 Å². The van der Waals surface area contributed by atoms with Crippen LogP contribution < -0.4 is 0 Å². The summed E-state index contributed by atoms with van der Waals surface area (Å²) in [6, 6.07) is 0. The van der Waals surface area contributed by atoms with Crippen molar-refractivity contribution in [2.75, 3.05) is 7.11 Å². The van der Waals surface area contributed by atoms with Gasteiger partial charge < -0.3 is 9.53 Å². The molecule has 0 aromatic rings. The first-order chi connectivity index (χ1) is 11.6. The standard InChI is InChI=1S/C20H36O4/c1-18(21)16-17-19(22)14-12-10-8-6-4-3-5-7-9-11-13-15-20(23)24-2/h3-17H2,1-2H3. The normalized spacial score (nSPS) is 10.6. The fourth-order valence-corrected chi connectivity index (χ4v) is 2.73. The van der Waals surface area contributed by atoms with Crippen molar-refractivity contribution in [2.24, 2.45) is 0 Å². The van der Waals surface area contributed by atoms with Crippen molar-refractivity contribution in [1.82, 2.24) is 0 Å². The number of rotatable bonds is 17. The Morgan fingerprint density at radius 1 is 0.583 bits per heavy atom. The number of hydrogen-bond acceptors (Lipinski definition) is 4. The van der Waals surface area contributed by atoms with Gasteiger partial charge in [0.1, 0.15) is 11.6 Å². The summed E-state index contributed by atoms with van der Waals surface area (Å²) in [7, 11) is 1.44. The van der Waals surface area contributed by atoms with E-state index in [9.17, 15) is 14.4 Å². The molecule has 0 saturated heterocycles. The molecule has 0 bridgehead atoms. The molecule has 0 N–H and O–H groups in total. The Morgan fingerprint density at radius 3 is 1.42 bits per heavy atom. The fraction of sp³-hybridized carbons (Fsp3) is 0.850. The van der Waals surface area contributed by atoms with E-state index in [1.165, 1.54) is 59.0 Å². The van der Waals surface area contributed by atoms with Gasteiger partial charge in [-0.25, -0.2) is 0 Å². The van der Waals surface area contributed by atoms with Crippen molar-refractivity contribution < 1.29 is 19.1 Å². The van der Waals surface area contributed by atoms with Gasteiger partial charge in [0.05, 0.1) is 7.11 Å². The van der Waals surface area contributed by atoms with Gasteiger partial charge in [-0.3, -0.25) is 9.59 Å². The van der Waals surface area contributed by atoms with Crippen LogP contribution in [0.2, 0.25) is 0 Å². The third-order valence-corrected chi connectivity index (χ3v) is 4.32. The maximum atomic E-state index is 11.5. The van der Waals surface area contributed by atoms with Crippen molar-refractivity contribution in [2.45, 2.75) is 103 Å². The highest BCUT2D eigenvalue weighted by molar-refractivity contribution is 5.84. The highest BCUT2D eigenvalue weighted by atomic mass is 16.5. The van der Waals surface area contributed by atoms with Crippen LogP contribution in [-0.2, 0) is 19.1 Å². The van der Waals surface area contributed by atoms with Crippen molar-refractivity contribution in [3.05, 3.63) is 0 Å². The van der Waals surface area contributed by atoms with Gasteiger partial charge in [-0.15, -0.1) is 0 Å². The van der Waals surface area contributed by atoms with Gasteiger partial charge in [-0.05, 0) is 19.8 Å². The minimum Gasteiger partial charge on any atom is -0.469 e.